The fraction of sp³-hybridized carbons (Fsp3) is 0.227. The zero-order chi connectivity index (χ0) is 19.5. The van der Waals surface area contributed by atoms with Crippen molar-refractivity contribution < 1.29 is 9.53 Å². The number of amides is 1. The van der Waals surface area contributed by atoms with Crippen molar-refractivity contribution in [3.8, 4) is 5.75 Å². The van der Waals surface area contributed by atoms with E-state index >= 15 is 0 Å². The lowest BCUT2D eigenvalue weighted by Gasteiger charge is -2.22. The lowest BCUT2D eigenvalue weighted by atomic mass is 10.1. The average Bonchev–Trinajstić information content (AvgIpc) is 3.08. The van der Waals surface area contributed by atoms with Gasteiger partial charge < -0.3 is 15.0 Å². The zero-order valence-electron chi connectivity index (χ0n) is 15.9. The normalized spacial score (nSPS) is 15.2. The maximum absolute atomic E-state index is 12.4. The SMILES string of the molecule is COc1ccc(CNC(=O)c2cnc(N3c4ccccc4CC3C)nc2)cc1. The van der Waals surface area contributed by atoms with Gasteiger partial charge in [-0.1, -0.05) is 30.3 Å². The summed E-state index contributed by atoms with van der Waals surface area (Å²) in [5.74, 6) is 1.21. The molecule has 4 rings (SSSR count). The fourth-order valence-electron chi connectivity index (χ4n) is 3.46. The van der Waals surface area contributed by atoms with E-state index in [4.69, 9.17) is 4.74 Å². The average molecular weight is 374 g/mol. The van der Waals surface area contributed by atoms with Crippen LogP contribution in [0.2, 0.25) is 0 Å². The largest absolute Gasteiger partial charge is 0.497 e. The van der Waals surface area contributed by atoms with Gasteiger partial charge in [-0.05, 0) is 42.7 Å². The van der Waals surface area contributed by atoms with Crippen LogP contribution in [0.3, 0.4) is 0 Å². The van der Waals surface area contributed by atoms with Crippen LogP contribution in [0.15, 0.2) is 60.9 Å². The van der Waals surface area contributed by atoms with Gasteiger partial charge >= 0.3 is 0 Å². The monoisotopic (exact) mass is 374 g/mol. The second-order valence-corrected chi connectivity index (χ2v) is 6.85. The molecule has 2 aromatic carbocycles. The number of para-hydroxylation sites is 1. The van der Waals surface area contributed by atoms with E-state index in [1.165, 1.54) is 5.56 Å². The zero-order valence-corrected chi connectivity index (χ0v) is 15.9. The maximum Gasteiger partial charge on any atom is 0.254 e. The number of fused-ring (bicyclic) bond motifs is 1. The van der Waals surface area contributed by atoms with E-state index in [0.29, 0.717) is 18.1 Å². The van der Waals surface area contributed by atoms with Crippen LogP contribution in [0, 0.1) is 0 Å². The topological polar surface area (TPSA) is 67.3 Å². The Balaban J connectivity index is 1.43. The third kappa shape index (κ3) is 3.53. The minimum absolute atomic E-state index is 0.197. The summed E-state index contributed by atoms with van der Waals surface area (Å²) in [4.78, 5) is 23.4. The number of nitrogens with zero attached hydrogens (tertiary/aromatic N) is 3. The summed E-state index contributed by atoms with van der Waals surface area (Å²) in [6, 6.07) is 16.1. The van der Waals surface area contributed by atoms with E-state index in [9.17, 15) is 4.79 Å². The molecule has 1 unspecified atom stereocenters. The molecular formula is C22H22N4O2. The molecular weight excluding hydrogens is 352 g/mol. The van der Waals surface area contributed by atoms with Crippen LogP contribution in [0.1, 0.15) is 28.4 Å². The number of carbonyl (C=O) groups excluding carboxylic acids is 1. The summed E-state index contributed by atoms with van der Waals surface area (Å²) < 4.78 is 5.14. The summed E-state index contributed by atoms with van der Waals surface area (Å²) in [6.45, 7) is 2.58. The van der Waals surface area contributed by atoms with Crippen LogP contribution in [0.25, 0.3) is 0 Å². The number of rotatable bonds is 5. The molecule has 1 aliphatic rings. The van der Waals surface area contributed by atoms with Crippen molar-refractivity contribution in [2.45, 2.75) is 25.9 Å². The molecule has 1 aromatic heterocycles. The van der Waals surface area contributed by atoms with Crippen LogP contribution in [-0.2, 0) is 13.0 Å². The number of ether oxygens (including phenoxy) is 1. The summed E-state index contributed by atoms with van der Waals surface area (Å²) in [5, 5.41) is 2.89. The van der Waals surface area contributed by atoms with Gasteiger partial charge in [-0.25, -0.2) is 9.97 Å². The molecule has 2 heterocycles. The molecule has 3 aromatic rings. The molecule has 6 heteroatoms. The Labute approximate surface area is 164 Å². The third-order valence-corrected chi connectivity index (χ3v) is 4.94. The van der Waals surface area contributed by atoms with Crippen LogP contribution in [0.5, 0.6) is 5.75 Å². The number of anilines is 2. The molecule has 1 atom stereocenters. The Morgan fingerprint density at radius 3 is 2.57 bits per heavy atom. The standard InChI is InChI=1S/C22H22N4O2/c1-15-11-17-5-3-4-6-20(17)26(15)22-24-13-18(14-25-22)21(27)23-12-16-7-9-19(28-2)10-8-16/h3-10,13-15H,11-12H2,1-2H3,(H,23,27). The molecule has 1 amide bonds. The molecule has 0 bridgehead atoms. The van der Waals surface area contributed by atoms with Crippen molar-refractivity contribution in [2.75, 3.05) is 12.0 Å². The lowest BCUT2D eigenvalue weighted by molar-refractivity contribution is 0.0950. The number of methoxy groups -OCH3 is 1. The number of nitrogens with one attached hydrogen (secondary N) is 1. The Hall–Kier alpha value is -3.41. The predicted octanol–water partition coefficient (Wildman–Crippen LogP) is 3.50. The van der Waals surface area contributed by atoms with Gasteiger partial charge in [0.2, 0.25) is 5.95 Å². The smallest absolute Gasteiger partial charge is 0.254 e. The summed E-state index contributed by atoms with van der Waals surface area (Å²) in [6.07, 6.45) is 4.13. The van der Waals surface area contributed by atoms with Gasteiger partial charge in [-0.15, -0.1) is 0 Å². The molecule has 142 valence electrons. The quantitative estimate of drug-likeness (QED) is 0.740. The number of hydrogen-bond acceptors (Lipinski definition) is 5. The van der Waals surface area contributed by atoms with Gasteiger partial charge in [0.05, 0.1) is 12.7 Å². The van der Waals surface area contributed by atoms with Crippen molar-refractivity contribution in [3.05, 3.63) is 77.6 Å². The number of hydrogen-bond donors (Lipinski definition) is 1. The summed E-state index contributed by atoms with van der Waals surface area (Å²) in [7, 11) is 1.63. The molecule has 0 spiro atoms. The van der Waals surface area contributed by atoms with Crippen molar-refractivity contribution in [3.63, 3.8) is 0 Å². The first-order valence-electron chi connectivity index (χ1n) is 9.26. The number of carbonyl (C=O) groups is 1. The molecule has 6 nitrogen and oxygen atoms in total. The van der Waals surface area contributed by atoms with Crippen molar-refractivity contribution in [1.82, 2.24) is 15.3 Å². The first kappa shape index (κ1) is 18.0. The van der Waals surface area contributed by atoms with Crippen LogP contribution < -0.4 is 15.0 Å². The third-order valence-electron chi connectivity index (χ3n) is 4.94. The minimum atomic E-state index is -0.197. The van der Waals surface area contributed by atoms with Crippen LogP contribution in [-0.4, -0.2) is 29.0 Å². The summed E-state index contributed by atoms with van der Waals surface area (Å²) >= 11 is 0. The molecule has 0 aliphatic carbocycles. The lowest BCUT2D eigenvalue weighted by Crippen LogP contribution is -2.27. The maximum atomic E-state index is 12.4. The first-order chi connectivity index (χ1) is 13.7. The number of benzene rings is 2. The van der Waals surface area contributed by atoms with Crippen LogP contribution >= 0.6 is 0 Å². The summed E-state index contributed by atoms with van der Waals surface area (Å²) in [5.41, 5.74) is 3.86. The highest BCUT2D eigenvalue weighted by molar-refractivity contribution is 5.93. The Morgan fingerprint density at radius 1 is 1.14 bits per heavy atom. The first-order valence-corrected chi connectivity index (χ1v) is 9.26. The van der Waals surface area contributed by atoms with E-state index in [2.05, 4.69) is 39.2 Å². The molecule has 0 radical (unpaired) electrons. The highest BCUT2D eigenvalue weighted by atomic mass is 16.5. The van der Waals surface area contributed by atoms with Gasteiger partial charge in [0.25, 0.3) is 5.91 Å². The number of aromatic nitrogens is 2. The molecule has 0 saturated heterocycles. The minimum Gasteiger partial charge on any atom is -0.497 e. The van der Waals surface area contributed by atoms with Crippen molar-refractivity contribution >= 4 is 17.5 Å². The van der Waals surface area contributed by atoms with E-state index in [1.807, 2.05) is 36.4 Å². The van der Waals surface area contributed by atoms with E-state index in [-0.39, 0.29) is 11.9 Å². The van der Waals surface area contributed by atoms with Gasteiger partial charge in [-0.2, -0.15) is 0 Å². The van der Waals surface area contributed by atoms with Crippen LogP contribution in [0.4, 0.5) is 11.6 Å². The van der Waals surface area contributed by atoms with E-state index in [1.54, 1.807) is 19.5 Å². The van der Waals surface area contributed by atoms with Gasteiger partial charge in [0.15, 0.2) is 0 Å². The van der Waals surface area contributed by atoms with Gasteiger partial charge in [-0.3, -0.25) is 4.79 Å². The second kappa shape index (κ2) is 7.68. The predicted molar refractivity (Wildman–Crippen MR) is 108 cm³/mol. The Bertz CT molecular complexity index is 971. The molecule has 0 saturated carbocycles. The van der Waals surface area contributed by atoms with Gasteiger partial charge in [0, 0.05) is 30.7 Å². The molecule has 1 aliphatic heterocycles. The van der Waals surface area contributed by atoms with Crippen molar-refractivity contribution in [1.29, 1.82) is 0 Å². The van der Waals surface area contributed by atoms with Gasteiger partial charge in [0.1, 0.15) is 5.75 Å². The highest BCUT2D eigenvalue weighted by Gasteiger charge is 2.28. The molecule has 1 N–H and O–H groups in total. The molecule has 0 fully saturated rings. The van der Waals surface area contributed by atoms with E-state index < -0.39 is 0 Å². The Morgan fingerprint density at radius 2 is 1.86 bits per heavy atom. The highest BCUT2D eigenvalue weighted by Crippen LogP contribution is 2.36. The fourth-order valence-corrected chi connectivity index (χ4v) is 3.46. The second-order valence-electron chi connectivity index (χ2n) is 6.85. The Kier molecular flexibility index (Phi) is 4.93. The van der Waals surface area contributed by atoms with Crippen molar-refractivity contribution in [2.24, 2.45) is 0 Å². The molecule has 28 heavy (non-hydrogen) atoms. The van der Waals surface area contributed by atoms with E-state index in [0.717, 1.165) is 23.4 Å².